The Bertz CT molecular complexity index is 6.00. The molecule has 0 rings (SSSR count). The minimum absolute atomic E-state index is 0. The van der Waals surface area contributed by atoms with Crippen LogP contribution in [0.25, 0.3) is 0 Å². The molecule has 0 saturated heterocycles. The second-order valence-corrected chi connectivity index (χ2v) is 0. The van der Waals surface area contributed by atoms with E-state index in [4.69, 9.17) is 0 Å². The Morgan fingerprint density at radius 1 is 0.750 bits per heavy atom. The standard InChI is InChI=1S/Cs.Li.2H2O/h;;2*1H2/q2*+1;;/p-2. The van der Waals surface area contributed by atoms with Gasteiger partial charge in [-0.2, -0.15) is 0 Å². The molecule has 4 heteroatoms. The maximum atomic E-state index is 0. The van der Waals surface area contributed by atoms with E-state index in [1.165, 1.54) is 0 Å². The Hall–Kier alpha value is 2.57. The van der Waals surface area contributed by atoms with Gasteiger partial charge in [0.25, 0.3) is 0 Å². The van der Waals surface area contributed by atoms with Crippen LogP contribution < -0.4 is 87.8 Å². The van der Waals surface area contributed by atoms with E-state index in [0.717, 1.165) is 0 Å². The zero-order valence-corrected chi connectivity index (χ0v) is 9.17. The van der Waals surface area contributed by atoms with Crippen LogP contribution in [0.15, 0.2) is 0 Å². The van der Waals surface area contributed by atoms with Crippen LogP contribution in [0.3, 0.4) is 0 Å². The second-order valence-electron chi connectivity index (χ2n) is 0. The molecule has 0 aromatic carbocycles. The maximum Gasteiger partial charge on any atom is 1.00 e. The van der Waals surface area contributed by atoms with Gasteiger partial charge in [0.05, 0.1) is 0 Å². The molecule has 0 heterocycles. The molecule has 16 valence electrons. The summed E-state index contributed by atoms with van der Waals surface area (Å²) in [4.78, 5) is 0. The summed E-state index contributed by atoms with van der Waals surface area (Å²) in [6.07, 6.45) is 0. The molecule has 0 fully saturated rings. The van der Waals surface area contributed by atoms with Crippen molar-refractivity contribution in [1.29, 1.82) is 0 Å². The Morgan fingerprint density at radius 3 is 0.750 bits per heavy atom. The summed E-state index contributed by atoms with van der Waals surface area (Å²) in [5, 5.41) is 0. The van der Waals surface area contributed by atoms with Crippen LogP contribution in [0.4, 0.5) is 0 Å². The van der Waals surface area contributed by atoms with E-state index < -0.39 is 0 Å². The summed E-state index contributed by atoms with van der Waals surface area (Å²) in [6.45, 7) is 0. The SMILES string of the molecule is [Cs+].[Li+].[OH-].[OH-]. The van der Waals surface area contributed by atoms with Crippen LogP contribution >= 0.6 is 0 Å². The molecular formula is H2CsLiO2. The molecule has 0 aliphatic rings. The fourth-order valence-electron chi connectivity index (χ4n) is 0. The molecule has 0 radical (unpaired) electrons. The van der Waals surface area contributed by atoms with Crippen molar-refractivity contribution in [3.63, 3.8) is 0 Å². The minimum atomic E-state index is 0. The topological polar surface area (TPSA) is 60.0 Å². The monoisotopic (exact) mass is 174 g/mol. The Labute approximate surface area is 95.9 Å². The van der Waals surface area contributed by atoms with Gasteiger partial charge >= 0.3 is 87.8 Å². The van der Waals surface area contributed by atoms with Gasteiger partial charge in [-0.1, -0.05) is 0 Å². The van der Waals surface area contributed by atoms with Gasteiger partial charge in [0.1, 0.15) is 0 Å². The van der Waals surface area contributed by atoms with E-state index >= 15 is 0 Å². The fraction of sp³-hybridized carbons (Fsp3) is 0. The van der Waals surface area contributed by atoms with E-state index in [2.05, 4.69) is 0 Å². The predicted octanol–water partition coefficient (Wildman–Crippen LogP) is -6.35. The molecule has 0 spiro atoms. The van der Waals surface area contributed by atoms with Crippen LogP contribution in [-0.4, -0.2) is 11.0 Å². The predicted molar refractivity (Wildman–Crippen MR) is 3.87 cm³/mol. The van der Waals surface area contributed by atoms with Crippen molar-refractivity contribution in [2.24, 2.45) is 0 Å². The van der Waals surface area contributed by atoms with Crippen molar-refractivity contribution < 1.29 is 98.7 Å². The summed E-state index contributed by atoms with van der Waals surface area (Å²) >= 11 is 0. The van der Waals surface area contributed by atoms with Gasteiger partial charge in [-0.15, -0.1) is 0 Å². The van der Waals surface area contributed by atoms with Crippen LogP contribution in [-0.2, 0) is 0 Å². The van der Waals surface area contributed by atoms with Crippen molar-refractivity contribution in [3.8, 4) is 0 Å². The third-order valence-electron chi connectivity index (χ3n) is 0. The summed E-state index contributed by atoms with van der Waals surface area (Å²) in [5.41, 5.74) is 0. The first-order chi connectivity index (χ1) is 0. The molecule has 2 nitrogen and oxygen atoms in total. The van der Waals surface area contributed by atoms with Crippen LogP contribution in [0.2, 0.25) is 0 Å². The van der Waals surface area contributed by atoms with E-state index in [9.17, 15) is 0 Å². The summed E-state index contributed by atoms with van der Waals surface area (Å²) < 4.78 is 0. The van der Waals surface area contributed by atoms with Gasteiger partial charge in [-0.05, 0) is 0 Å². The Balaban J connectivity index is 0. The number of rotatable bonds is 0. The molecule has 0 aromatic rings. The average Bonchev–Trinajstić information content (AvgIpc) is 0. The van der Waals surface area contributed by atoms with Crippen molar-refractivity contribution in [2.75, 3.05) is 0 Å². The summed E-state index contributed by atoms with van der Waals surface area (Å²) in [5.74, 6) is 0. The van der Waals surface area contributed by atoms with E-state index in [0.29, 0.717) is 0 Å². The Kier molecular flexibility index (Phi) is 136. The first-order valence-corrected chi connectivity index (χ1v) is 0. The molecule has 4 heavy (non-hydrogen) atoms. The Morgan fingerprint density at radius 2 is 0.750 bits per heavy atom. The molecule has 0 aliphatic carbocycles. The van der Waals surface area contributed by atoms with Crippen LogP contribution in [0.1, 0.15) is 0 Å². The molecular weight excluding hydrogens is 172 g/mol. The summed E-state index contributed by atoms with van der Waals surface area (Å²) in [7, 11) is 0. The minimum Gasteiger partial charge on any atom is -0.870 e. The molecule has 0 bridgehead atoms. The molecule has 0 aliphatic heterocycles. The molecule has 0 amide bonds. The van der Waals surface area contributed by atoms with E-state index in [1.807, 2.05) is 0 Å². The number of hydrogen-bond acceptors (Lipinski definition) is 2. The first kappa shape index (κ1) is 30.9. The van der Waals surface area contributed by atoms with Crippen molar-refractivity contribution in [2.45, 2.75) is 0 Å². The smallest absolute Gasteiger partial charge is 0.870 e. The molecule has 0 saturated carbocycles. The maximum absolute atomic E-state index is 0. The van der Waals surface area contributed by atoms with Gasteiger partial charge in [0.15, 0.2) is 0 Å². The first-order valence-electron chi connectivity index (χ1n) is 0. The largest absolute Gasteiger partial charge is 1.00 e. The van der Waals surface area contributed by atoms with Crippen LogP contribution in [0.5, 0.6) is 0 Å². The normalized spacial score (nSPS) is 0. The summed E-state index contributed by atoms with van der Waals surface area (Å²) in [6, 6.07) is 0. The molecule has 0 unspecified atom stereocenters. The molecule has 0 atom stereocenters. The zero-order chi connectivity index (χ0) is 0. The van der Waals surface area contributed by atoms with Gasteiger partial charge in [-0.25, -0.2) is 0 Å². The second kappa shape index (κ2) is 17.6. The van der Waals surface area contributed by atoms with E-state index in [1.54, 1.807) is 0 Å². The van der Waals surface area contributed by atoms with Crippen LogP contribution in [0, 0.1) is 0 Å². The van der Waals surface area contributed by atoms with Crippen molar-refractivity contribution in [3.05, 3.63) is 0 Å². The van der Waals surface area contributed by atoms with Gasteiger partial charge < -0.3 is 11.0 Å². The van der Waals surface area contributed by atoms with Crippen molar-refractivity contribution in [1.82, 2.24) is 0 Å². The number of hydrogen-bond donors (Lipinski definition) is 0. The third-order valence-corrected chi connectivity index (χ3v) is 0. The van der Waals surface area contributed by atoms with Gasteiger partial charge in [-0.3, -0.25) is 0 Å². The van der Waals surface area contributed by atoms with E-state index in [-0.39, 0.29) is 98.7 Å². The van der Waals surface area contributed by atoms with Gasteiger partial charge in [0, 0.05) is 0 Å². The van der Waals surface area contributed by atoms with Gasteiger partial charge in [0.2, 0.25) is 0 Å². The average molecular weight is 174 g/mol. The van der Waals surface area contributed by atoms with Crippen molar-refractivity contribution >= 4 is 0 Å². The molecule has 2 N–H and O–H groups in total. The third kappa shape index (κ3) is 8.82. The zero-order valence-electron chi connectivity index (χ0n) is 2.89. The molecule has 0 aromatic heterocycles. The fourth-order valence-corrected chi connectivity index (χ4v) is 0. The quantitative estimate of drug-likeness (QED) is 0.343.